The third kappa shape index (κ3) is 1.91. The van der Waals surface area contributed by atoms with Gasteiger partial charge >= 0.3 is 12.3 Å². The summed E-state index contributed by atoms with van der Waals surface area (Å²) in [6, 6.07) is 0. The molecule has 0 fully saturated rings. The van der Waals surface area contributed by atoms with Gasteiger partial charge in [0.2, 0.25) is 0 Å². The molecule has 2 amide bonds. The van der Waals surface area contributed by atoms with Crippen LogP contribution in [0, 0.1) is 0 Å². The van der Waals surface area contributed by atoms with Crippen molar-refractivity contribution in [1.29, 1.82) is 0 Å². The molecule has 0 saturated heterocycles. The number of nitrogens with zero attached hydrogens (tertiary/aromatic N) is 1. The molecule has 0 aromatic rings. The molecule has 0 bridgehead atoms. The number of carbonyl (C=O) groups is 2. The topological polar surface area (TPSA) is 37.4 Å². The van der Waals surface area contributed by atoms with Crippen LogP contribution < -0.4 is 0 Å². The smallest absolute Gasteiger partial charge is 0.269 e. The predicted molar refractivity (Wildman–Crippen MR) is 36.8 cm³/mol. The minimum absolute atomic E-state index is 0.0756. The Bertz CT molecular complexity index is 282. The summed E-state index contributed by atoms with van der Waals surface area (Å²) < 4.78 is 48.2. The molecule has 3 nitrogen and oxygen atoms in total. The first-order chi connectivity index (χ1) is 6.34. The SMILES string of the molecule is O=C1C=CC(=O)N1CC(F)(F)C(F)F. The van der Waals surface area contributed by atoms with Gasteiger partial charge in [-0.1, -0.05) is 0 Å². The summed E-state index contributed by atoms with van der Waals surface area (Å²) >= 11 is 0. The quantitative estimate of drug-likeness (QED) is 0.511. The van der Waals surface area contributed by atoms with E-state index >= 15 is 0 Å². The zero-order valence-electron chi connectivity index (χ0n) is 6.71. The second-order valence-electron chi connectivity index (χ2n) is 2.66. The number of alkyl halides is 4. The van der Waals surface area contributed by atoms with Crippen LogP contribution in [-0.4, -0.2) is 35.6 Å². The number of halogens is 4. The maximum atomic E-state index is 12.4. The number of imide groups is 1. The number of rotatable bonds is 3. The fourth-order valence-corrected chi connectivity index (χ4v) is 0.867. The van der Waals surface area contributed by atoms with Crippen molar-refractivity contribution in [2.45, 2.75) is 12.3 Å². The molecule has 0 aliphatic carbocycles. The molecule has 0 N–H and O–H groups in total. The molecule has 1 rings (SSSR count). The molecule has 1 heterocycles. The van der Waals surface area contributed by atoms with Crippen molar-refractivity contribution in [3.05, 3.63) is 12.2 Å². The lowest BCUT2D eigenvalue weighted by atomic mass is 10.3. The van der Waals surface area contributed by atoms with Gasteiger partial charge in [0.1, 0.15) is 0 Å². The van der Waals surface area contributed by atoms with Crippen molar-refractivity contribution in [2.24, 2.45) is 0 Å². The van der Waals surface area contributed by atoms with Gasteiger partial charge in [-0.3, -0.25) is 14.5 Å². The lowest BCUT2D eigenvalue weighted by Crippen LogP contribution is -2.44. The first-order valence-electron chi connectivity index (χ1n) is 3.54. The van der Waals surface area contributed by atoms with Crippen LogP contribution in [0.1, 0.15) is 0 Å². The van der Waals surface area contributed by atoms with Gasteiger partial charge < -0.3 is 0 Å². The highest BCUT2D eigenvalue weighted by Gasteiger charge is 2.45. The van der Waals surface area contributed by atoms with Crippen molar-refractivity contribution < 1.29 is 27.2 Å². The Morgan fingerprint density at radius 1 is 1.21 bits per heavy atom. The van der Waals surface area contributed by atoms with Gasteiger partial charge in [0, 0.05) is 12.2 Å². The minimum atomic E-state index is -4.36. The third-order valence-corrected chi connectivity index (χ3v) is 1.59. The van der Waals surface area contributed by atoms with Gasteiger partial charge in [-0.25, -0.2) is 8.78 Å². The van der Waals surface area contributed by atoms with Gasteiger partial charge in [0.25, 0.3) is 11.8 Å². The Morgan fingerprint density at radius 3 is 2.00 bits per heavy atom. The highest BCUT2D eigenvalue weighted by atomic mass is 19.3. The van der Waals surface area contributed by atoms with Crippen LogP contribution in [-0.2, 0) is 9.59 Å². The van der Waals surface area contributed by atoms with Gasteiger partial charge in [-0.15, -0.1) is 0 Å². The zero-order chi connectivity index (χ0) is 10.9. The largest absolute Gasteiger partial charge is 0.325 e. The molecule has 0 spiro atoms. The van der Waals surface area contributed by atoms with Crippen molar-refractivity contribution >= 4 is 11.8 Å². The molecule has 0 aromatic carbocycles. The van der Waals surface area contributed by atoms with E-state index in [2.05, 4.69) is 0 Å². The summed E-state index contributed by atoms with van der Waals surface area (Å²) in [6.07, 6.45) is -2.39. The van der Waals surface area contributed by atoms with Crippen LogP contribution in [0.3, 0.4) is 0 Å². The van der Waals surface area contributed by atoms with E-state index in [1.54, 1.807) is 0 Å². The molecule has 0 unspecified atom stereocenters. The molecule has 0 aromatic heterocycles. The average molecular weight is 211 g/mol. The van der Waals surface area contributed by atoms with Crippen molar-refractivity contribution in [3.63, 3.8) is 0 Å². The highest BCUT2D eigenvalue weighted by Crippen LogP contribution is 2.25. The zero-order valence-corrected chi connectivity index (χ0v) is 6.71. The van der Waals surface area contributed by atoms with Crippen LogP contribution in [0.2, 0.25) is 0 Å². The lowest BCUT2D eigenvalue weighted by Gasteiger charge is -2.21. The fraction of sp³-hybridized carbons (Fsp3) is 0.429. The normalized spacial score (nSPS) is 17.4. The minimum Gasteiger partial charge on any atom is -0.269 e. The monoisotopic (exact) mass is 211 g/mol. The van der Waals surface area contributed by atoms with E-state index in [4.69, 9.17) is 0 Å². The predicted octanol–water partition coefficient (Wildman–Crippen LogP) is 0.812. The Balaban J connectivity index is 2.70. The Morgan fingerprint density at radius 2 is 1.64 bits per heavy atom. The second kappa shape index (κ2) is 3.39. The van der Waals surface area contributed by atoms with Crippen LogP contribution in [0.4, 0.5) is 17.6 Å². The average Bonchev–Trinajstić information content (AvgIpc) is 2.35. The molecule has 0 radical (unpaired) electrons. The number of hydrogen-bond donors (Lipinski definition) is 0. The summed E-state index contributed by atoms with van der Waals surface area (Å²) in [6.45, 7) is -1.59. The standard InChI is InChI=1S/C7H5F4NO2/c8-6(9)7(10,11)3-12-4(13)1-2-5(12)14/h1-2,6H,3H2. The number of carbonyl (C=O) groups excluding carboxylic acids is 2. The lowest BCUT2D eigenvalue weighted by molar-refractivity contribution is -0.160. The summed E-state index contributed by atoms with van der Waals surface area (Å²) in [5.41, 5.74) is 0. The first-order valence-corrected chi connectivity index (χ1v) is 3.54. The van der Waals surface area contributed by atoms with E-state index in [1.165, 1.54) is 0 Å². The van der Waals surface area contributed by atoms with Gasteiger partial charge in [-0.2, -0.15) is 8.78 Å². The highest BCUT2D eigenvalue weighted by molar-refractivity contribution is 6.12. The molecule has 0 saturated carbocycles. The van der Waals surface area contributed by atoms with Gasteiger partial charge in [0.15, 0.2) is 0 Å². The second-order valence-corrected chi connectivity index (χ2v) is 2.66. The summed E-state index contributed by atoms with van der Waals surface area (Å²) in [4.78, 5) is 21.5. The Labute approximate surface area is 76.0 Å². The van der Waals surface area contributed by atoms with Gasteiger partial charge in [-0.05, 0) is 0 Å². The molecule has 78 valence electrons. The number of hydrogen-bond acceptors (Lipinski definition) is 2. The molecular formula is C7H5F4NO2. The van der Waals surface area contributed by atoms with Crippen LogP contribution in [0.15, 0.2) is 12.2 Å². The van der Waals surface area contributed by atoms with Crippen molar-refractivity contribution in [3.8, 4) is 0 Å². The van der Waals surface area contributed by atoms with Crippen LogP contribution >= 0.6 is 0 Å². The van der Waals surface area contributed by atoms with Crippen LogP contribution in [0.25, 0.3) is 0 Å². The van der Waals surface area contributed by atoms with Gasteiger partial charge in [0.05, 0.1) is 6.54 Å². The maximum absolute atomic E-state index is 12.4. The molecule has 14 heavy (non-hydrogen) atoms. The molecular weight excluding hydrogens is 206 g/mol. The molecule has 1 aliphatic heterocycles. The van der Waals surface area contributed by atoms with E-state index in [0.29, 0.717) is 0 Å². The molecule has 0 atom stereocenters. The van der Waals surface area contributed by atoms with Crippen molar-refractivity contribution in [2.75, 3.05) is 6.54 Å². The molecule has 7 heteroatoms. The van der Waals surface area contributed by atoms with E-state index in [-0.39, 0.29) is 4.90 Å². The van der Waals surface area contributed by atoms with E-state index in [0.717, 1.165) is 12.2 Å². The third-order valence-electron chi connectivity index (χ3n) is 1.59. The first kappa shape index (κ1) is 10.7. The summed E-state index contributed by atoms with van der Waals surface area (Å²) in [7, 11) is 0. The Kier molecular flexibility index (Phi) is 2.59. The molecule has 1 aliphatic rings. The summed E-state index contributed by atoms with van der Waals surface area (Å²) in [5.74, 6) is -6.37. The van der Waals surface area contributed by atoms with E-state index in [9.17, 15) is 27.2 Å². The van der Waals surface area contributed by atoms with Crippen LogP contribution in [0.5, 0.6) is 0 Å². The van der Waals surface area contributed by atoms with E-state index < -0.39 is 30.7 Å². The number of amides is 2. The summed E-state index contributed by atoms with van der Waals surface area (Å²) in [5, 5.41) is 0. The van der Waals surface area contributed by atoms with Crippen molar-refractivity contribution in [1.82, 2.24) is 4.90 Å². The fourth-order valence-electron chi connectivity index (χ4n) is 0.867. The Hall–Kier alpha value is -1.40. The van der Waals surface area contributed by atoms with E-state index in [1.807, 2.05) is 0 Å². The maximum Gasteiger partial charge on any atom is 0.325 e.